The zero-order chi connectivity index (χ0) is 18.0. The van der Waals surface area contributed by atoms with Gasteiger partial charge in [0.05, 0.1) is 11.6 Å². The van der Waals surface area contributed by atoms with Gasteiger partial charge >= 0.3 is 12.4 Å². The van der Waals surface area contributed by atoms with E-state index in [-0.39, 0.29) is 30.4 Å². The van der Waals surface area contributed by atoms with Gasteiger partial charge in [0, 0.05) is 12.1 Å². The normalized spacial score (nSPS) is 36.7. The molecular formula is C15H24ClF3N4O2. The van der Waals surface area contributed by atoms with Crippen LogP contribution in [0, 0.1) is 5.92 Å². The molecule has 0 aromatic heterocycles. The Kier molecular flexibility index (Phi) is 5.97. The molecule has 25 heavy (non-hydrogen) atoms. The molecule has 3 unspecified atom stereocenters. The Morgan fingerprint density at radius 1 is 1.04 bits per heavy atom. The van der Waals surface area contributed by atoms with E-state index in [0.29, 0.717) is 24.8 Å². The molecule has 0 bridgehead atoms. The van der Waals surface area contributed by atoms with Gasteiger partial charge in [-0.1, -0.05) is 0 Å². The molecule has 6 nitrogen and oxygen atoms in total. The van der Waals surface area contributed by atoms with Crippen LogP contribution in [0.15, 0.2) is 0 Å². The maximum absolute atomic E-state index is 12.2. The molecule has 0 aromatic carbocycles. The number of carbonyl (C=O) groups excluding carboxylic acids is 1. The van der Waals surface area contributed by atoms with Crippen LogP contribution < -0.4 is 21.3 Å². The van der Waals surface area contributed by atoms with Crippen LogP contribution in [0.2, 0.25) is 0 Å². The van der Waals surface area contributed by atoms with Crippen molar-refractivity contribution < 1.29 is 22.7 Å². The third-order valence-corrected chi connectivity index (χ3v) is 5.27. The quantitative estimate of drug-likeness (QED) is 0.443. The number of alkyl halides is 4. The largest absolute Gasteiger partial charge is 0.522 e. The molecular weight excluding hydrogens is 361 g/mol. The SMILES string of the molecule is O=C(NC1CCC(OC(F)(F)F)CC1)NC1NC(Cl)CC(C2CC2)N1. The second-order valence-corrected chi connectivity index (χ2v) is 7.60. The molecule has 144 valence electrons. The number of hydrogen-bond acceptors (Lipinski definition) is 4. The van der Waals surface area contributed by atoms with Gasteiger partial charge in [-0.3, -0.25) is 15.4 Å². The standard InChI is InChI=1S/C15H24ClF3N4O2/c16-12-7-11(8-1-2-8)21-13(22-12)23-14(24)20-9-3-5-10(6-4-9)25-15(17,18)19/h8-13,21-22H,1-7H2,(H2,20,23,24). The molecule has 4 N–H and O–H groups in total. The fraction of sp³-hybridized carbons (Fsp3) is 0.933. The van der Waals surface area contributed by atoms with E-state index in [1.54, 1.807) is 0 Å². The van der Waals surface area contributed by atoms with E-state index >= 15 is 0 Å². The second-order valence-electron chi connectivity index (χ2n) is 7.07. The fourth-order valence-corrected chi connectivity index (χ4v) is 3.90. The number of carbonyl (C=O) groups is 1. The summed E-state index contributed by atoms with van der Waals surface area (Å²) in [6, 6.07) is -0.211. The van der Waals surface area contributed by atoms with Crippen LogP contribution in [0.5, 0.6) is 0 Å². The lowest BCUT2D eigenvalue weighted by molar-refractivity contribution is -0.345. The lowest BCUT2D eigenvalue weighted by Gasteiger charge is -2.36. The van der Waals surface area contributed by atoms with E-state index < -0.39 is 18.8 Å². The minimum Gasteiger partial charge on any atom is -0.335 e. The summed E-state index contributed by atoms with van der Waals surface area (Å²) in [5.41, 5.74) is -0.202. The van der Waals surface area contributed by atoms with E-state index in [1.807, 2.05) is 0 Å². The molecule has 2 amide bonds. The summed E-state index contributed by atoms with van der Waals surface area (Å²) in [4.78, 5) is 12.1. The third kappa shape index (κ3) is 6.16. The van der Waals surface area contributed by atoms with Crippen molar-refractivity contribution in [3.05, 3.63) is 0 Å². The molecule has 0 aromatic rings. The molecule has 2 aliphatic carbocycles. The number of rotatable bonds is 4. The first kappa shape index (κ1) is 19.0. The highest BCUT2D eigenvalue weighted by molar-refractivity contribution is 6.20. The summed E-state index contributed by atoms with van der Waals surface area (Å²) in [5, 5.41) is 12.0. The molecule has 2 saturated carbocycles. The Balaban J connectivity index is 1.38. The van der Waals surface area contributed by atoms with Crippen LogP contribution in [0.3, 0.4) is 0 Å². The summed E-state index contributed by atoms with van der Waals surface area (Å²) in [7, 11) is 0. The molecule has 1 saturated heterocycles. The van der Waals surface area contributed by atoms with E-state index in [1.165, 1.54) is 12.8 Å². The van der Waals surface area contributed by atoms with Crippen LogP contribution in [0.25, 0.3) is 0 Å². The number of ether oxygens (including phenoxy) is 1. The fourth-order valence-electron chi connectivity index (χ4n) is 3.58. The smallest absolute Gasteiger partial charge is 0.335 e. The van der Waals surface area contributed by atoms with E-state index in [0.717, 1.165) is 6.42 Å². The molecule has 3 fully saturated rings. The first-order chi connectivity index (χ1) is 11.8. The molecule has 10 heteroatoms. The second kappa shape index (κ2) is 7.85. The van der Waals surface area contributed by atoms with Gasteiger partial charge < -0.3 is 10.6 Å². The van der Waals surface area contributed by atoms with Crippen molar-refractivity contribution in [1.29, 1.82) is 0 Å². The number of amides is 2. The van der Waals surface area contributed by atoms with Crippen molar-refractivity contribution in [3.63, 3.8) is 0 Å². The number of hydrogen-bond donors (Lipinski definition) is 4. The van der Waals surface area contributed by atoms with Gasteiger partial charge in [0.2, 0.25) is 0 Å². The minimum atomic E-state index is -4.60. The van der Waals surface area contributed by atoms with Crippen molar-refractivity contribution >= 4 is 17.6 Å². The first-order valence-corrected chi connectivity index (χ1v) is 9.20. The zero-order valence-corrected chi connectivity index (χ0v) is 14.5. The van der Waals surface area contributed by atoms with Crippen LogP contribution in [0.1, 0.15) is 44.9 Å². The Morgan fingerprint density at radius 2 is 1.72 bits per heavy atom. The molecule has 0 radical (unpaired) electrons. The van der Waals surface area contributed by atoms with Gasteiger partial charge in [0.15, 0.2) is 0 Å². The van der Waals surface area contributed by atoms with Gasteiger partial charge in [-0.2, -0.15) is 0 Å². The predicted octanol–water partition coefficient (Wildman–Crippen LogP) is 2.34. The molecule has 0 spiro atoms. The number of nitrogens with one attached hydrogen (secondary N) is 4. The molecule has 1 heterocycles. The Morgan fingerprint density at radius 3 is 2.32 bits per heavy atom. The lowest BCUT2D eigenvalue weighted by Crippen LogP contribution is -2.66. The molecule has 3 atom stereocenters. The number of urea groups is 1. The zero-order valence-electron chi connectivity index (χ0n) is 13.7. The van der Waals surface area contributed by atoms with Gasteiger partial charge in [-0.05, 0) is 50.9 Å². The van der Waals surface area contributed by atoms with Crippen molar-refractivity contribution in [2.45, 2.75) is 81.3 Å². The summed E-state index contributed by atoms with van der Waals surface area (Å²) in [6.07, 6.45) is -1.18. The highest BCUT2D eigenvalue weighted by Crippen LogP contribution is 2.36. The Labute approximate surface area is 149 Å². The van der Waals surface area contributed by atoms with Gasteiger partial charge in [-0.25, -0.2) is 4.79 Å². The van der Waals surface area contributed by atoms with Crippen molar-refractivity contribution in [3.8, 4) is 0 Å². The predicted molar refractivity (Wildman–Crippen MR) is 85.7 cm³/mol. The van der Waals surface area contributed by atoms with E-state index in [9.17, 15) is 18.0 Å². The third-order valence-electron chi connectivity index (χ3n) is 4.97. The molecule has 3 aliphatic rings. The monoisotopic (exact) mass is 384 g/mol. The molecule has 1 aliphatic heterocycles. The van der Waals surface area contributed by atoms with Crippen molar-refractivity contribution in [1.82, 2.24) is 21.3 Å². The van der Waals surface area contributed by atoms with E-state index in [2.05, 4.69) is 26.0 Å². The van der Waals surface area contributed by atoms with Crippen LogP contribution in [0.4, 0.5) is 18.0 Å². The summed E-state index contributed by atoms with van der Waals surface area (Å²) >= 11 is 6.19. The summed E-state index contributed by atoms with van der Waals surface area (Å²) in [5.74, 6) is 0.625. The average Bonchev–Trinajstić information content (AvgIpc) is 3.31. The maximum Gasteiger partial charge on any atom is 0.522 e. The summed E-state index contributed by atoms with van der Waals surface area (Å²) in [6.45, 7) is 0. The minimum absolute atomic E-state index is 0.150. The molecule has 3 rings (SSSR count). The average molecular weight is 385 g/mol. The van der Waals surface area contributed by atoms with Gasteiger partial charge in [0.25, 0.3) is 0 Å². The van der Waals surface area contributed by atoms with Crippen molar-refractivity contribution in [2.24, 2.45) is 5.92 Å². The highest BCUT2D eigenvalue weighted by atomic mass is 35.5. The van der Waals surface area contributed by atoms with Gasteiger partial charge in [-0.15, -0.1) is 24.8 Å². The number of halogens is 4. The lowest BCUT2D eigenvalue weighted by atomic mass is 9.93. The van der Waals surface area contributed by atoms with Crippen LogP contribution in [-0.2, 0) is 4.74 Å². The van der Waals surface area contributed by atoms with Crippen LogP contribution >= 0.6 is 11.6 Å². The van der Waals surface area contributed by atoms with Crippen LogP contribution in [-0.4, -0.2) is 42.4 Å². The Hall–Kier alpha value is -0.770. The first-order valence-electron chi connectivity index (χ1n) is 8.76. The van der Waals surface area contributed by atoms with E-state index in [4.69, 9.17) is 11.6 Å². The highest BCUT2D eigenvalue weighted by Gasteiger charge is 2.38. The van der Waals surface area contributed by atoms with Crippen molar-refractivity contribution in [2.75, 3.05) is 0 Å². The Bertz CT molecular complexity index is 470. The topological polar surface area (TPSA) is 74.4 Å². The maximum atomic E-state index is 12.2. The van der Waals surface area contributed by atoms with Gasteiger partial charge in [0.1, 0.15) is 6.29 Å². The summed E-state index contributed by atoms with van der Waals surface area (Å²) < 4.78 is 40.7.